The molecule has 0 unspecified atom stereocenters. The molecule has 2 saturated carbocycles. The minimum atomic E-state index is -0.946. The molecule has 0 amide bonds. The van der Waals surface area contributed by atoms with Gasteiger partial charge in [-0.15, -0.1) is 0 Å². The Balaban J connectivity index is 2.24. The van der Waals surface area contributed by atoms with Gasteiger partial charge in [-0.05, 0) is 6.42 Å². The minimum Gasteiger partial charge on any atom is -0.393 e. The van der Waals surface area contributed by atoms with E-state index in [0.29, 0.717) is 6.42 Å². The summed E-state index contributed by atoms with van der Waals surface area (Å²) in [6.07, 6.45) is -2.76. The van der Waals surface area contributed by atoms with Crippen LogP contribution in [0.5, 0.6) is 0 Å². The van der Waals surface area contributed by atoms with Gasteiger partial charge >= 0.3 is 0 Å². The Morgan fingerprint density at radius 1 is 0.818 bits per heavy atom. The average Bonchev–Trinajstić information content (AvgIpc) is 2.31. The van der Waals surface area contributed by atoms with E-state index in [1.807, 2.05) is 0 Å². The normalized spacial score (nSPS) is 62.2. The molecule has 2 rings (SSSR count). The van der Waals surface area contributed by atoms with Crippen molar-refractivity contribution in [1.82, 2.24) is 0 Å². The van der Waals surface area contributed by atoms with Crippen molar-refractivity contribution in [2.75, 3.05) is 0 Å². The van der Waals surface area contributed by atoms with E-state index in [0.717, 1.165) is 0 Å². The second kappa shape index (κ2) is 2.17. The molecule has 2 fully saturated rings. The molecule has 6 atom stereocenters. The lowest BCUT2D eigenvalue weighted by atomic mass is 9.93. The summed E-state index contributed by atoms with van der Waals surface area (Å²) in [6.45, 7) is 0. The number of hydrogen-bond acceptors (Lipinski definition) is 4. The van der Waals surface area contributed by atoms with E-state index >= 15 is 0 Å². The highest BCUT2D eigenvalue weighted by Gasteiger charge is 2.57. The van der Waals surface area contributed by atoms with Gasteiger partial charge in [-0.2, -0.15) is 0 Å². The molecule has 0 radical (unpaired) electrons. The smallest absolute Gasteiger partial charge is 0.0880 e. The zero-order valence-corrected chi connectivity index (χ0v) is 5.96. The third-order valence-corrected chi connectivity index (χ3v) is 2.97. The first-order valence-electron chi connectivity index (χ1n) is 3.85. The van der Waals surface area contributed by atoms with Crippen LogP contribution in [0.3, 0.4) is 0 Å². The Labute approximate surface area is 64.1 Å². The molecule has 0 aromatic carbocycles. The Morgan fingerprint density at radius 2 is 1.45 bits per heavy atom. The van der Waals surface area contributed by atoms with Gasteiger partial charge in [-0.25, -0.2) is 0 Å². The Kier molecular flexibility index (Phi) is 1.47. The lowest BCUT2D eigenvalue weighted by Crippen LogP contribution is -2.39. The molecule has 2 bridgehead atoms. The molecule has 11 heavy (non-hydrogen) atoms. The molecule has 64 valence electrons. The first-order chi connectivity index (χ1) is 5.13. The molecular formula is C7H12O4. The highest BCUT2D eigenvalue weighted by molar-refractivity contribution is 5.07. The first-order valence-corrected chi connectivity index (χ1v) is 3.85. The summed E-state index contributed by atoms with van der Waals surface area (Å²) in [5, 5.41) is 37.1. The van der Waals surface area contributed by atoms with Gasteiger partial charge in [0, 0.05) is 11.8 Å². The van der Waals surface area contributed by atoms with Crippen LogP contribution in [0.15, 0.2) is 0 Å². The van der Waals surface area contributed by atoms with Crippen molar-refractivity contribution in [3.8, 4) is 0 Å². The predicted molar refractivity (Wildman–Crippen MR) is 35.6 cm³/mol. The van der Waals surface area contributed by atoms with Gasteiger partial charge < -0.3 is 20.4 Å². The van der Waals surface area contributed by atoms with Gasteiger partial charge in [-0.3, -0.25) is 0 Å². The molecule has 0 aromatic heterocycles. The first kappa shape index (κ1) is 7.49. The van der Waals surface area contributed by atoms with Gasteiger partial charge in [-0.1, -0.05) is 0 Å². The Hall–Kier alpha value is -0.160. The number of aliphatic hydroxyl groups is 4. The van der Waals surface area contributed by atoms with E-state index in [-0.39, 0.29) is 5.92 Å². The van der Waals surface area contributed by atoms with Gasteiger partial charge in [0.25, 0.3) is 0 Å². The van der Waals surface area contributed by atoms with Crippen molar-refractivity contribution < 1.29 is 20.4 Å². The maximum Gasteiger partial charge on any atom is 0.0880 e. The third-order valence-electron chi connectivity index (χ3n) is 2.97. The van der Waals surface area contributed by atoms with Gasteiger partial charge in [0.2, 0.25) is 0 Å². The van der Waals surface area contributed by atoms with Crippen molar-refractivity contribution in [3.05, 3.63) is 0 Å². The van der Waals surface area contributed by atoms with E-state index in [9.17, 15) is 20.4 Å². The number of aliphatic hydroxyl groups excluding tert-OH is 4. The van der Waals surface area contributed by atoms with Crippen LogP contribution in [0.4, 0.5) is 0 Å². The lowest BCUT2D eigenvalue weighted by Gasteiger charge is -2.25. The van der Waals surface area contributed by atoms with Crippen molar-refractivity contribution in [2.24, 2.45) is 11.8 Å². The number of rotatable bonds is 0. The monoisotopic (exact) mass is 160 g/mol. The quantitative estimate of drug-likeness (QED) is 0.333. The fourth-order valence-corrected chi connectivity index (χ4v) is 2.34. The van der Waals surface area contributed by atoms with Crippen molar-refractivity contribution in [2.45, 2.75) is 30.8 Å². The van der Waals surface area contributed by atoms with Gasteiger partial charge in [0.15, 0.2) is 0 Å². The van der Waals surface area contributed by atoms with Crippen LogP contribution < -0.4 is 0 Å². The molecule has 0 heterocycles. The molecule has 2 aliphatic carbocycles. The standard InChI is InChI=1S/C7H12O4/c8-3-1-2-5(9)4(3)7(11)6(2)10/h2-11H,1H2/t2-,3+,4+,5+,6+,7+/m0/s1. The molecule has 0 aliphatic heterocycles. The maximum atomic E-state index is 9.36. The molecule has 4 heteroatoms. The lowest BCUT2D eigenvalue weighted by molar-refractivity contribution is -0.0606. The van der Waals surface area contributed by atoms with E-state index in [1.165, 1.54) is 0 Å². The van der Waals surface area contributed by atoms with Crippen LogP contribution >= 0.6 is 0 Å². The number of fused-ring (bicyclic) bond motifs is 2. The summed E-state index contributed by atoms with van der Waals surface area (Å²) in [5.41, 5.74) is 0. The van der Waals surface area contributed by atoms with Crippen molar-refractivity contribution in [1.29, 1.82) is 0 Å². The molecular weight excluding hydrogens is 148 g/mol. The molecule has 0 aromatic rings. The molecule has 0 saturated heterocycles. The van der Waals surface area contributed by atoms with Crippen LogP contribution in [0.1, 0.15) is 6.42 Å². The summed E-state index contributed by atoms with van der Waals surface area (Å²) in [6, 6.07) is 0. The van der Waals surface area contributed by atoms with E-state index in [4.69, 9.17) is 0 Å². The zero-order chi connectivity index (χ0) is 8.17. The molecule has 0 spiro atoms. The third kappa shape index (κ3) is 0.780. The summed E-state index contributed by atoms with van der Waals surface area (Å²) >= 11 is 0. The van der Waals surface area contributed by atoms with E-state index in [2.05, 4.69) is 0 Å². The second-order valence-electron chi connectivity index (χ2n) is 3.52. The van der Waals surface area contributed by atoms with Crippen LogP contribution in [0, 0.1) is 11.8 Å². The fourth-order valence-electron chi connectivity index (χ4n) is 2.34. The molecule has 4 nitrogen and oxygen atoms in total. The van der Waals surface area contributed by atoms with Crippen LogP contribution in [0.25, 0.3) is 0 Å². The van der Waals surface area contributed by atoms with E-state index < -0.39 is 30.3 Å². The fraction of sp³-hybridized carbons (Fsp3) is 1.00. The summed E-state index contributed by atoms with van der Waals surface area (Å²) in [7, 11) is 0. The highest BCUT2D eigenvalue weighted by Crippen LogP contribution is 2.44. The SMILES string of the molecule is O[C@@H]1[C@@H]2C[C@@H](O)[C@H]1[C@@H](O)[C@@H]2O. The topological polar surface area (TPSA) is 80.9 Å². The zero-order valence-electron chi connectivity index (χ0n) is 5.96. The molecule has 4 N–H and O–H groups in total. The van der Waals surface area contributed by atoms with Gasteiger partial charge in [0.05, 0.1) is 24.4 Å². The van der Waals surface area contributed by atoms with Crippen LogP contribution in [0.2, 0.25) is 0 Å². The minimum absolute atomic E-state index is 0.329. The maximum absolute atomic E-state index is 9.36. The summed E-state index contributed by atoms with van der Waals surface area (Å²) < 4.78 is 0. The summed E-state index contributed by atoms with van der Waals surface area (Å²) in [5.74, 6) is -0.861. The van der Waals surface area contributed by atoms with Gasteiger partial charge in [0.1, 0.15) is 0 Å². The largest absolute Gasteiger partial charge is 0.393 e. The second-order valence-corrected chi connectivity index (χ2v) is 3.52. The van der Waals surface area contributed by atoms with Crippen molar-refractivity contribution >= 4 is 0 Å². The Bertz CT molecular complexity index is 168. The number of hydrogen-bond donors (Lipinski definition) is 4. The van der Waals surface area contributed by atoms with Crippen LogP contribution in [-0.4, -0.2) is 44.8 Å². The van der Waals surface area contributed by atoms with E-state index in [1.54, 1.807) is 0 Å². The Morgan fingerprint density at radius 3 is 1.82 bits per heavy atom. The molecule has 2 aliphatic rings. The summed E-state index contributed by atoms with van der Waals surface area (Å²) in [4.78, 5) is 0. The predicted octanol–water partition coefficient (Wildman–Crippen LogP) is -1.92. The average molecular weight is 160 g/mol. The highest BCUT2D eigenvalue weighted by atomic mass is 16.4. The van der Waals surface area contributed by atoms with Crippen LogP contribution in [-0.2, 0) is 0 Å². The van der Waals surface area contributed by atoms with Crippen molar-refractivity contribution in [3.63, 3.8) is 0 Å².